The lowest BCUT2D eigenvalue weighted by Crippen LogP contribution is -2.51. The molecule has 0 heterocycles. The first kappa shape index (κ1) is 33.7. The van der Waals surface area contributed by atoms with Crippen molar-refractivity contribution in [3.8, 4) is 0 Å². The van der Waals surface area contributed by atoms with Crippen LogP contribution < -0.4 is 0 Å². The standard InChI is InChI=1S/C38H48S6/c1-11-39-29-17-23-24(18-30(29)40-12-2)36(8)27-21-33(43-15-5)34(44-16-6)22-28(27)37(9)26-20-32(42-14-4)31(41-13-3)19-25(26)35(23,7)38(36,37)10/h17-22H,11-16H2,1-10H3. The van der Waals surface area contributed by atoms with Crippen molar-refractivity contribution in [1.82, 2.24) is 0 Å². The smallest absolute Gasteiger partial charge is 0.0258 e. The molecule has 236 valence electrons. The topological polar surface area (TPSA) is 0 Å². The van der Waals surface area contributed by atoms with Crippen LogP contribution in [-0.2, 0) is 16.2 Å². The van der Waals surface area contributed by atoms with E-state index in [0.717, 1.165) is 34.5 Å². The minimum Gasteiger partial charge on any atom is -0.125 e. The summed E-state index contributed by atoms with van der Waals surface area (Å²) in [5, 5.41) is 0. The summed E-state index contributed by atoms with van der Waals surface area (Å²) in [6.45, 7) is 24.4. The Hall–Kier alpha value is -0.240. The molecule has 0 unspecified atom stereocenters. The van der Waals surface area contributed by atoms with Crippen LogP contribution in [-0.4, -0.2) is 34.5 Å². The van der Waals surface area contributed by atoms with Crippen LogP contribution in [0, 0.1) is 5.41 Å². The van der Waals surface area contributed by atoms with E-state index >= 15 is 0 Å². The van der Waals surface area contributed by atoms with Gasteiger partial charge in [-0.15, -0.1) is 70.6 Å². The Morgan fingerprint density at radius 3 is 0.636 bits per heavy atom. The number of rotatable bonds is 12. The highest BCUT2D eigenvalue weighted by atomic mass is 32.2. The van der Waals surface area contributed by atoms with Crippen LogP contribution in [0.1, 0.15) is 103 Å². The molecule has 0 amide bonds. The maximum atomic E-state index is 2.69. The maximum absolute atomic E-state index is 2.69. The summed E-state index contributed by atoms with van der Waals surface area (Å²) in [5.41, 5.74) is 9.11. The highest BCUT2D eigenvalue weighted by molar-refractivity contribution is 8.03. The first-order chi connectivity index (χ1) is 21.1. The SMILES string of the molecule is CCSc1cc2c(cc1SCC)C1(C)c3cc(SCC)c(SCC)cc3C3(C)c4cc(SCC)c(SCC)cc4C2(C)C13C. The number of hydrogen-bond donors (Lipinski definition) is 0. The van der Waals surface area contributed by atoms with Gasteiger partial charge in [-0.3, -0.25) is 0 Å². The lowest BCUT2D eigenvalue weighted by Gasteiger charge is -2.49. The molecule has 0 aliphatic heterocycles. The molecule has 3 aromatic rings. The fourth-order valence-electron chi connectivity index (χ4n) is 9.32. The van der Waals surface area contributed by atoms with Gasteiger partial charge in [-0.1, -0.05) is 69.2 Å². The Morgan fingerprint density at radius 1 is 0.341 bits per heavy atom. The van der Waals surface area contributed by atoms with E-state index in [9.17, 15) is 0 Å². The van der Waals surface area contributed by atoms with E-state index in [0.29, 0.717) is 0 Å². The largest absolute Gasteiger partial charge is 0.125 e. The molecule has 3 aromatic carbocycles. The van der Waals surface area contributed by atoms with Gasteiger partial charge in [-0.05, 0) is 104 Å². The molecule has 0 saturated heterocycles. The lowest BCUT2D eigenvalue weighted by atomic mass is 9.52. The molecule has 3 aliphatic carbocycles. The first-order valence-corrected chi connectivity index (χ1v) is 22.3. The van der Waals surface area contributed by atoms with Crippen LogP contribution >= 0.6 is 70.6 Å². The second-order valence-corrected chi connectivity index (χ2v) is 20.5. The van der Waals surface area contributed by atoms with Gasteiger partial charge in [0.25, 0.3) is 0 Å². The number of thioether (sulfide) groups is 6. The Kier molecular flexibility index (Phi) is 9.43. The van der Waals surface area contributed by atoms with Gasteiger partial charge in [0.05, 0.1) is 0 Å². The summed E-state index contributed by atoms with van der Waals surface area (Å²) in [4.78, 5) is 8.83. The second kappa shape index (κ2) is 12.3. The van der Waals surface area contributed by atoms with Crippen LogP contribution in [0.5, 0.6) is 0 Å². The van der Waals surface area contributed by atoms with Gasteiger partial charge < -0.3 is 0 Å². The predicted molar refractivity (Wildman–Crippen MR) is 205 cm³/mol. The fraction of sp³-hybridized carbons (Fsp3) is 0.526. The van der Waals surface area contributed by atoms with E-state index in [1.807, 2.05) is 70.6 Å². The van der Waals surface area contributed by atoms with E-state index in [2.05, 4.69) is 106 Å². The van der Waals surface area contributed by atoms with Crippen molar-refractivity contribution in [2.45, 2.75) is 115 Å². The van der Waals surface area contributed by atoms with Crippen LogP contribution in [0.25, 0.3) is 0 Å². The Bertz CT molecular complexity index is 1320. The van der Waals surface area contributed by atoms with Gasteiger partial charge >= 0.3 is 0 Å². The average molecular weight is 697 g/mol. The highest BCUT2D eigenvalue weighted by Gasteiger charge is 2.80. The van der Waals surface area contributed by atoms with Crippen LogP contribution in [0.3, 0.4) is 0 Å². The van der Waals surface area contributed by atoms with Crippen molar-refractivity contribution in [2.24, 2.45) is 5.41 Å². The molecule has 0 atom stereocenters. The van der Waals surface area contributed by atoms with Gasteiger partial charge in [0, 0.05) is 51.0 Å². The Morgan fingerprint density at radius 2 is 0.500 bits per heavy atom. The van der Waals surface area contributed by atoms with Gasteiger partial charge in [0.2, 0.25) is 0 Å². The number of benzene rings is 3. The zero-order valence-corrected chi connectivity index (χ0v) is 33.1. The summed E-state index contributed by atoms with van der Waals surface area (Å²) in [6, 6.07) is 15.9. The van der Waals surface area contributed by atoms with Crippen LogP contribution in [0.2, 0.25) is 0 Å². The summed E-state index contributed by atoms with van der Waals surface area (Å²) in [5.74, 6) is 6.60. The van der Waals surface area contributed by atoms with Gasteiger partial charge in [-0.25, -0.2) is 0 Å². The maximum Gasteiger partial charge on any atom is 0.0258 e. The summed E-state index contributed by atoms with van der Waals surface area (Å²) < 4.78 is 0. The molecule has 0 fully saturated rings. The normalized spacial score (nSPS) is 27.4. The van der Waals surface area contributed by atoms with Crippen LogP contribution in [0.4, 0.5) is 0 Å². The van der Waals surface area contributed by atoms with Crippen molar-refractivity contribution in [2.75, 3.05) is 34.5 Å². The average Bonchev–Trinajstić information content (AvgIpc) is 3.34. The highest BCUT2D eigenvalue weighted by Crippen LogP contribution is 2.83. The zero-order valence-electron chi connectivity index (χ0n) is 28.2. The van der Waals surface area contributed by atoms with Crippen LogP contribution in [0.15, 0.2) is 65.8 Å². The van der Waals surface area contributed by atoms with Gasteiger partial charge in [0.1, 0.15) is 0 Å². The zero-order chi connectivity index (χ0) is 31.7. The minimum absolute atomic E-state index is 0.0447. The molecule has 3 aliphatic rings. The molecule has 0 spiro atoms. The van der Waals surface area contributed by atoms with Crippen molar-refractivity contribution in [1.29, 1.82) is 0 Å². The first-order valence-electron chi connectivity index (χ1n) is 16.4. The lowest BCUT2D eigenvalue weighted by molar-refractivity contribution is 0.0995. The third-order valence-electron chi connectivity index (χ3n) is 11.3. The molecule has 0 N–H and O–H groups in total. The van der Waals surface area contributed by atoms with Crippen molar-refractivity contribution in [3.63, 3.8) is 0 Å². The molecule has 0 saturated carbocycles. The molecule has 0 bridgehead atoms. The number of hydrogen-bond acceptors (Lipinski definition) is 6. The third-order valence-corrected chi connectivity index (χ3v) is 17.3. The van der Waals surface area contributed by atoms with Crippen molar-refractivity contribution < 1.29 is 0 Å². The monoisotopic (exact) mass is 696 g/mol. The van der Waals surface area contributed by atoms with Crippen molar-refractivity contribution in [3.05, 3.63) is 69.8 Å². The molecule has 0 radical (unpaired) electrons. The van der Waals surface area contributed by atoms with Gasteiger partial charge in [-0.2, -0.15) is 0 Å². The van der Waals surface area contributed by atoms with Crippen molar-refractivity contribution >= 4 is 70.6 Å². The molecule has 6 heteroatoms. The molecule has 6 rings (SSSR count). The molecule has 0 aromatic heterocycles. The third kappa shape index (κ3) is 4.18. The number of fused-ring (bicyclic) bond motifs is 9. The van der Waals surface area contributed by atoms with E-state index in [1.54, 1.807) is 33.4 Å². The summed E-state index contributed by atoms with van der Waals surface area (Å²) in [6.07, 6.45) is 0. The Labute approximate surface area is 293 Å². The molecule has 44 heavy (non-hydrogen) atoms. The van der Waals surface area contributed by atoms with E-state index < -0.39 is 0 Å². The van der Waals surface area contributed by atoms with E-state index in [-0.39, 0.29) is 21.7 Å². The second-order valence-electron chi connectivity index (χ2n) is 12.6. The van der Waals surface area contributed by atoms with Gasteiger partial charge in [0.15, 0.2) is 0 Å². The predicted octanol–water partition coefficient (Wildman–Crippen LogP) is 12.6. The minimum atomic E-state index is -0.104. The summed E-state index contributed by atoms with van der Waals surface area (Å²) >= 11 is 12.2. The molecular formula is C38H48S6. The van der Waals surface area contributed by atoms with E-state index in [1.165, 1.54) is 29.4 Å². The fourth-order valence-corrected chi connectivity index (χ4v) is 14.7. The van der Waals surface area contributed by atoms with E-state index in [4.69, 9.17) is 0 Å². The summed E-state index contributed by atoms with van der Waals surface area (Å²) in [7, 11) is 0. The quantitative estimate of drug-likeness (QED) is 0.172. The molecule has 0 nitrogen and oxygen atoms in total. The Balaban J connectivity index is 1.79. The molecular weight excluding hydrogens is 649 g/mol.